The highest BCUT2D eigenvalue weighted by atomic mass is 32.1. The molecule has 0 aliphatic carbocycles. The number of thiocarbonyl (C=S) groups is 1. The highest BCUT2D eigenvalue weighted by Gasteiger charge is 2.14. The Labute approximate surface area is 175 Å². The van der Waals surface area contributed by atoms with Crippen molar-refractivity contribution in [3.8, 4) is 5.75 Å². The van der Waals surface area contributed by atoms with Crippen LogP contribution in [0.5, 0.6) is 5.75 Å². The van der Waals surface area contributed by atoms with Crippen molar-refractivity contribution in [2.45, 2.75) is 19.9 Å². The molecule has 3 rings (SSSR count). The van der Waals surface area contributed by atoms with Crippen molar-refractivity contribution in [2.75, 3.05) is 25.6 Å². The normalized spacial score (nSPS) is 10.7. The summed E-state index contributed by atoms with van der Waals surface area (Å²) in [4.78, 5) is 17.3. The lowest BCUT2D eigenvalue weighted by Gasteiger charge is -2.25. The zero-order valence-electron chi connectivity index (χ0n) is 16.6. The number of aromatic nitrogens is 1. The maximum absolute atomic E-state index is 12.6. The van der Waals surface area contributed by atoms with Gasteiger partial charge in [0.2, 0.25) is 0 Å². The number of rotatable bonds is 7. The molecule has 152 valence electrons. The number of H-pyrrole nitrogens is 1. The standard InChI is InChI=1S/C22H25N3O3S/c1-3-15-8-9-18-16(12-15)13-17(21(27)23-18)14-25(10-11-26)22(29)24-19-6-4-5-7-20(19)28-2/h4-9,12-13,26H,3,10-11,14H2,1-2H3,(H,23,27)(H,24,29). The van der Waals surface area contributed by atoms with Crippen LogP contribution >= 0.6 is 12.2 Å². The Balaban J connectivity index is 1.87. The minimum Gasteiger partial charge on any atom is -0.495 e. The summed E-state index contributed by atoms with van der Waals surface area (Å²) in [5, 5.41) is 14.0. The lowest BCUT2D eigenvalue weighted by molar-refractivity contribution is 0.248. The molecule has 7 heteroatoms. The molecule has 6 nitrogen and oxygen atoms in total. The third-order valence-electron chi connectivity index (χ3n) is 4.76. The number of aryl methyl sites for hydroxylation is 1. The van der Waals surface area contributed by atoms with Gasteiger partial charge in [0, 0.05) is 17.6 Å². The van der Waals surface area contributed by atoms with Gasteiger partial charge in [-0.05, 0) is 59.9 Å². The van der Waals surface area contributed by atoms with Crippen LogP contribution in [0.15, 0.2) is 53.3 Å². The Kier molecular flexibility index (Phi) is 6.85. The van der Waals surface area contributed by atoms with E-state index in [1.807, 2.05) is 42.5 Å². The molecule has 29 heavy (non-hydrogen) atoms. The zero-order chi connectivity index (χ0) is 20.8. The van der Waals surface area contributed by atoms with Crippen LogP contribution in [0.4, 0.5) is 5.69 Å². The van der Waals surface area contributed by atoms with Crippen molar-refractivity contribution in [3.05, 3.63) is 70.0 Å². The molecule has 2 aromatic carbocycles. The summed E-state index contributed by atoms with van der Waals surface area (Å²) in [7, 11) is 1.59. The molecule has 0 saturated heterocycles. The molecule has 0 aliphatic heterocycles. The number of para-hydroxylation sites is 2. The largest absolute Gasteiger partial charge is 0.495 e. The molecule has 0 saturated carbocycles. The minimum atomic E-state index is -0.162. The van der Waals surface area contributed by atoms with Crippen LogP contribution in [0.1, 0.15) is 18.1 Å². The van der Waals surface area contributed by atoms with E-state index in [-0.39, 0.29) is 18.7 Å². The van der Waals surface area contributed by atoms with Crippen molar-refractivity contribution in [2.24, 2.45) is 0 Å². The lowest BCUT2D eigenvalue weighted by atomic mass is 10.1. The van der Waals surface area contributed by atoms with Gasteiger partial charge in [0.1, 0.15) is 5.75 Å². The average Bonchev–Trinajstić information content (AvgIpc) is 2.73. The van der Waals surface area contributed by atoms with Gasteiger partial charge in [-0.15, -0.1) is 0 Å². The van der Waals surface area contributed by atoms with Crippen molar-refractivity contribution in [1.29, 1.82) is 0 Å². The second kappa shape index (κ2) is 9.54. The van der Waals surface area contributed by atoms with Gasteiger partial charge in [-0.25, -0.2) is 0 Å². The molecule has 3 N–H and O–H groups in total. The third kappa shape index (κ3) is 4.93. The second-order valence-electron chi connectivity index (χ2n) is 6.67. The van der Waals surface area contributed by atoms with Crippen LogP contribution in [0.25, 0.3) is 10.9 Å². The van der Waals surface area contributed by atoms with Gasteiger partial charge in [-0.3, -0.25) is 4.79 Å². The number of fused-ring (bicyclic) bond motifs is 1. The molecule has 0 aliphatic rings. The molecular formula is C22H25N3O3S. The number of methoxy groups -OCH3 is 1. The van der Waals surface area contributed by atoms with E-state index in [0.29, 0.717) is 23.0 Å². The number of nitrogens with one attached hydrogen (secondary N) is 2. The van der Waals surface area contributed by atoms with Crippen LogP contribution < -0.4 is 15.6 Å². The van der Waals surface area contributed by atoms with Crippen LogP contribution in [0.2, 0.25) is 0 Å². The summed E-state index contributed by atoms with van der Waals surface area (Å²) in [6, 6.07) is 15.4. The molecule has 3 aromatic rings. The van der Waals surface area contributed by atoms with Crippen molar-refractivity contribution in [3.63, 3.8) is 0 Å². The Morgan fingerprint density at radius 2 is 2.03 bits per heavy atom. The van der Waals surface area contributed by atoms with Crippen molar-refractivity contribution < 1.29 is 9.84 Å². The van der Waals surface area contributed by atoms with Crippen LogP contribution in [-0.4, -0.2) is 40.4 Å². The highest BCUT2D eigenvalue weighted by molar-refractivity contribution is 7.80. The highest BCUT2D eigenvalue weighted by Crippen LogP contribution is 2.23. The average molecular weight is 412 g/mol. The summed E-state index contributed by atoms with van der Waals surface area (Å²) >= 11 is 5.54. The molecule has 0 unspecified atom stereocenters. The number of hydrogen-bond donors (Lipinski definition) is 3. The summed E-state index contributed by atoms with van der Waals surface area (Å²) in [5.74, 6) is 0.662. The maximum Gasteiger partial charge on any atom is 0.253 e. The van der Waals surface area contributed by atoms with Crippen LogP contribution in [0.3, 0.4) is 0 Å². The van der Waals surface area contributed by atoms with Crippen molar-refractivity contribution >= 4 is 33.9 Å². The number of anilines is 1. The molecule has 0 amide bonds. The number of ether oxygens (including phenoxy) is 1. The predicted molar refractivity (Wildman–Crippen MR) is 121 cm³/mol. The fourth-order valence-electron chi connectivity index (χ4n) is 3.16. The topological polar surface area (TPSA) is 77.6 Å². The molecule has 0 bridgehead atoms. The van der Waals surface area contributed by atoms with E-state index in [0.717, 1.165) is 23.0 Å². The third-order valence-corrected chi connectivity index (χ3v) is 5.12. The quantitative estimate of drug-likeness (QED) is 0.518. The first kappa shape index (κ1) is 20.8. The summed E-state index contributed by atoms with van der Waals surface area (Å²) < 4.78 is 5.35. The molecule has 0 spiro atoms. The summed E-state index contributed by atoms with van der Waals surface area (Å²) in [6.45, 7) is 2.59. The number of nitrogens with zero attached hydrogens (tertiary/aromatic N) is 1. The van der Waals surface area contributed by atoms with Gasteiger partial charge in [0.05, 0.1) is 25.9 Å². The second-order valence-corrected chi connectivity index (χ2v) is 7.06. The van der Waals surface area contributed by atoms with Crippen LogP contribution in [0, 0.1) is 0 Å². The molecule has 0 fully saturated rings. The van der Waals surface area contributed by atoms with Crippen LogP contribution in [-0.2, 0) is 13.0 Å². The van der Waals surface area contributed by atoms with Gasteiger partial charge < -0.3 is 25.0 Å². The van der Waals surface area contributed by atoms with E-state index < -0.39 is 0 Å². The SMILES string of the molecule is CCc1ccc2[nH]c(=O)c(CN(CCO)C(=S)Nc3ccccc3OC)cc2c1. The van der Waals surface area contributed by atoms with Gasteiger partial charge >= 0.3 is 0 Å². The smallest absolute Gasteiger partial charge is 0.253 e. The minimum absolute atomic E-state index is 0.0841. The first-order valence-corrected chi connectivity index (χ1v) is 9.91. The number of aliphatic hydroxyl groups is 1. The Morgan fingerprint density at radius 3 is 2.76 bits per heavy atom. The number of pyridine rings is 1. The monoisotopic (exact) mass is 411 g/mol. The van der Waals surface area contributed by atoms with E-state index in [1.165, 1.54) is 5.56 Å². The fourth-order valence-corrected chi connectivity index (χ4v) is 3.43. The predicted octanol–water partition coefficient (Wildman–Crippen LogP) is 3.29. The van der Waals surface area contributed by atoms with Gasteiger partial charge in [-0.2, -0.15) is 0 Å². The van der Waals surface area contributed by atoms with E-state index >= 15 is 0 Å². The Bertz CT molecular complexity index is 1060. The zero-order valence-corrected chi connectivity index (χ0v) is 17.4. The van der Waals surface area contributed by atoms with E-state index in [1.54, 1.807) is 12.0 Å². The fraction of sp³-hybridized carbons (Fsp3) is 0.273. The van der Waals surface area contributed by atoms with E-state index in [9.17, 15) is 9.90 Å². The van der Waals surface area contributed by atoms with Gasteiger partial charge in [-0.1, -0.05) is 25.1 Å². The molecule has 1 heterocycles. The van der Waals surface area contributed by atoms with Crippen molar-refractivity contribution in [1.82, 2.24) is 9.88 Å². The number of aromatic amines is 1. The first-order chi connectivity index (χ1) is 14.0. The molecule has 0 atom stereocenters. The molecule has 1 aromatic heterocycles. The number of aliphatic hydroxyl groups excluding tert-OH is 1. The Morgan fingerprint density at radius 1 is 1.24 bits per heavy atom. The Hall–Kier alpha value is -2.90. The molecule has 0 radical (unpaired) electrons. The molecular weight excluding hydrogens is 386 g/mol. The first-order valence-electron chi connectivity index (χ1n) is 9.50. The number of hydrogen-bond acceptors (Lipinski definition) is 4. The van der Waals surface area contributed by atoms with E-state index in [4.69, 9.17) is 17.0 Å². The number of benzene rings is 2. The summed E-state index contributed by atoms with van der Waals surface area (Å²) in [6.07, 6.45) is 0.925. The maximum atomic E-state index is 12.6. The lowest BCUT2D eigenvalue weighted by Crippen LogP contribution is -2.37. The van der Waals surface area contributed by atoms with E-state index in [2.05, 4.69) is 23.3 Å². The van der Waals surface area contributed by atoms with Gasteiger partial charge in [0.25, 0.3) is 5.56 Å². The van der Waals surface area contributed by atoms with Gasteiger partial charge in [0.15, 0.2) is 5.11 Å². The summed E-state index contributed by atoms with van der Waals surface area (Å²) in [5.41, 5.74) is 3.16.